The number of anilines is 1. The monoisotopic (exact) mass is 281 g/mol. The summed E-state index contributed by atoms with van der Waals surface area (Å²) < 4.78 is 0. The Morgan fingerprint density at radius 1 is 1.19 bits per heavy atom. The number of nitrogen functional groups attached to an aromatic ring is 1. The minimum absolute atomic E-state index is 0.00611. The fourth-order valence-electron chi connectivity index (χ4n) is 1.96. The van der Waals surface area contributed by atoms with E-state index in [-0.39, 0.29) is 28.2 Å². The van der Waals surface area contributed by atoms with E-state index in [1.807, 2.05) is 0 Å². The van der Waals surface area contributed by atoms with Crippen molar-refractivity contribution in [1.82, 2.24) is 4.98 Å². The molecule has 2 rings (SSSR count). The molecule has 0 spiro atoms. The van der Waals surface area contributed by atoms with Crippen molar-refractivity contribution in [2.24, 2.45) is 0 Å². The maximum Gasteiger partial charge on any atom is 0.277 e. The Bertz CT molecular complexity index is 886. The molecule has 21 heavy (non-hydrogen) atoms. The van der Waals surface area contributed by atoms with Crippen molar-refractivity contribution in [3.05, 3.63) is 55.9 Å². The second-order valence-electron chi connectivity index (χ2n) is 3.99. The molecule has 0 amide bonds. The summed E-state index contributed by atoms with van der Waals surface area (Å²) in [6, 6.07) is 8.93. The van der Waals surface area contributed by atoms with Gasteiger partial charge in [0.1, 0.15) is 29.1 Å². The topological polar surface area (TPSA) is 150 Å². The number of aromatic nitrogens is 1. The van der Waals surface area contributed by atoms with Crippen LogP contribution in [-0.2, 0) is 0 Å². The van der Waals surface area contributed by atoms with Crippen LogP contribution in [0.3, 0.4) is 0 Å². The molecule has 0 radical (unpaired) electrons. The molecular formula is C13H7N5O3. The quantitative estimate of drug-likeness (QED) is 0.625. The average Bonchev–Trinajstić information content (AvgIpc) is 2.46. The first-order chi connectivity index (χ1) is 10.0. The third-order valence-electron chi connectivity index (χ3n) is 2.84. The third-order valence-corrected chi connectivity index (χ3v) is 2.84. The number of H-pyrrole nitrogens is 1. The molecule has 102 valence electrons. The van der Waals surface area contributed by atoms with Gasteiger partial charge in [0, 0.05) is 11.6 Å². The van der Waals surface area contributed by atoms with Crippen molar-refractivity contribution in [1.29, 1.82) is 10.5 Å². The molecule has 1 heterocycles. The van der Waals surface area contributed by atoms with Gasteiger partial charge < -0.3 is 10.7 Å². The molecule has 0 aliphatic rings. The van der Waals surface area contributed by atoms with Gasteiger partial charge in [0.15, 0.2) is 0 Å². The maximum absolute atomic E-state index is 11.8. The van der Waals surface area contributed by atoms with E-state index in [1.165, 1.54) is 24.3 Å². The zero-order valence-corrected chi connectivity index (χ0v) is 10.5. The Hall–Kier alpha value is -3.65. The first-order valence-electron chi connectivity index (χ1n) is 5.61. The number of nitro benzene ring substituents is 1. The highest BCUT2D eigenvalue weighted by atomic mass is 16.6. The van der Waals surface area contributed by atoms with E-state index < -0.39 is 16.0 Å². The van der Waals surface area contributed by atoms with Gasteiger partial charge in [0.25, 0.3) is 11.2 Å². The summed E-state index contributed by atoms with van der Waals surface area (Å²) in [7, 11) is 0. The Morgan fingerprint density at radius 3 is 2.38 bits per heavy atom. The fourth-order valence-corrected chi connectivity index (χ4v) is 1.96. The number of pyridine rings is 1. The van der Waals surface area contributed by atoms with Crippen LogP contribution < -0.4 is 11.3 Å². The summed E-state index contributed by atoms with van der Waals surface area (Å²) in [5.41, 5.74) is 3.72. The van der Waals surface area contributed by atoms with Crippen LogP contribution in [0.5, 0.6) is 0 Å². The summed E-state index contributed by atoms with van der Waals surface area (Å²) in [5, 5.41) is 29.4. The number of nitrogens with one attached hydrogen (secondary N) is 1. The summed E-state index contributed by atoms with van der Waals surface area (Å²) in [4.78, 5) is 24.4. The van der Waals surface area contributed by atoms with Crippen LogP contribution in [0.2, 0.25) is 0 Å². The van der Waals surface area contributed by atoms with Crippen LogP contribution in [0.25, 0.3) is 11.1 Å². The van der Waals surface area contributed by atoms with E-state index in [2.05, 4.69) is 4.98 Å². The Balaban J connectivity index is 3.01. The molecule has 2 aromatic rings. The Morgan fingerprint density at radius 2 is 1.81 bits per heavy atom. The predicted molar refractivity (Wildman–Crippen MR) is 73.0 cm³/mol. The second-order valence-corrected chi connectivity index (χ2v) is 3.99. The summed E-state index contributed by atoms with van der Waals surface area (Å²) in [6.07, 6.45) is 0. The molecule has 8 nitrogen and oxygen atoms in total. The second kappa shape index (κ2) is 5.15. The minimum Gasteiger partial charge on any atom is -0.384 e. The summed E-state index contributed by atoms with van der Waals surface area (Å²) >= 11 is 0. The lowest BCUT2D eigenvalue weighted by atomic mass is 9.95. The van der Waals surface area contributed by atoms with Crippen molar-refractivity contribution in [2.45, 2.75) is 0 Å². The van der Waals surface area contributed by atoms with Crippen LogP contribution in [0.4, 0.5) is 11.5 Å². The molecule has 8 heteroatoms. The lowest BCUT2D eigenvalue weighted by Crippen LogP contribution is -2.16. The number of aromatic amines is 1. The van der Waals surface area contributed by atoms with Crippen molar-refractivity contribution in [2.75, 3.05) is 5.73 Å². The van der Waals surface area contributed by atoms with Gasteiger partial charge >= 0.3 is 0 Å². The summed E-state index contributed by atoms with van der Waals surface area (Å²) in [5.74, 6) is -0.241. The number of benzene rings is 1. The van der Waals surface area contributed by atoms with E-state index in [1.54, 1.807) is 12.1 Å². The predicted octanol–water partition coefficient (Wildman–Crippen LogP) is 1.28. The SMILES string of the molecule is N#Cc1c(N)[nH]c(=O)c(C#N)c1-c1ccccc1[N+](=O)[O-]. The van der Waals surface area contributed by atoms with Gasteiger partial charge in [-0.2, -0.15) is 10.5 Å². The van der Waals surface area contributed by atoms with E-state index >= 15 is 0 Å². The molecular weight excluding hydrogens is 274 g/mol. The molecule has 0 fully saturated rings. The number of hydrogen-bond acceptors (Lipinski definition) is 6. The van der Waals surface area contributed by atoms with Crippen molar-refractivity contribution in [3.63, 3.8) is 0 Å². The van der Waals surface area contributed by atoms with Gasteiger partial charge in [0.2, 0.25) is 0 Å². The Kier molecular flexibility index (Phi) is 3.38. The molecule has 3 N–H and O–H groups in total. The van der Waals surface area contributed by atoms with Crippen molar-refractivity contribution < 1.29 is 4.92 Å². The van der Waals surface area contributed by atoms with E-state index in [0.717, 1.165) is 0 Å². The Labute approximate surface area is 117 Å². The lowest BCUT2D eigenvalue weighted by molar-refractivity contribution is -0.384. The molecule has 0 unspecified atom stereocenters. The highest BCUT2D eigenvalue weighted by molar-refractivity contribution is 5.84. The van der Waals surface area contributed by atoms with E-state index in [4.69, 9.17) is 16.3 Å². The highest BCUT2D eigenvalue weighted by Crippen LogP contribution is 2.34. The molecule has 1 aromatic carbocycles. The van der Waals surface area contributed by atoms with Crippen LogP contribution in [0.15, 0.2) is 29.1 Å². The van der Waals surface area contributed by atoms with E-state index in [9.17, 15) is 14.9 Å². The zero-order valence-electron chi connectivity index (χ0n) is 10.5. The smallest absolute Gasteiger partial charge is 0.277 e. The van der Waals surface area contributed by atoms with Gasteiger partial charge in [-0.3, -0.25) is 14.9 Å². The van der Waals surface area contributed by atoms with Gasteiger partial charge in [0.05, 0.1) is 10.5 Å². The number of nitrogens with zero attached hydrogens (tertiary/aromatic N) is 3. The lowest BCUT2D eigenvalue weighted by Gasteiger charge is -2.08. The van der Waals surface area contributed by atoms with Crippen LogP contribution in [-0.4, -0.2) is 9.91 Å². The fraction of sp³-hybridized carbons (Fsp3) is 0. The van der Waals surface area contributed by atoms with Crippen LogP contribution >= 0.6 is 0 Å². The minimum atomic E-state index is -0.804. The molecule has 0 atom stereocenters. The normalized spacial score (nSPS) is 9.62. The van der Waals surface area contributed by atoms with Crippen molar-refractivity contribution >= 4 is 11.5 Å². The molecule has 0 aliphatic carbocycles. The van der Waals surface area contributed by atoms with Gasteiger partial charge in [-0.25, -0.2) is 0 Å². The standard InChI is InChI=1S/C13H7N5O3/c14-5-8-11(9(6-15)13(19)17-12(8)16)7-3-1-2-4-10(7)18(20)21/h1-4H,(H3,16,17,19). The number of nitro groups is 1. The van der Waals surface area contributed by atoms with Crippen LogP contribution in [0.1, 0.15) is 11.1 Å². The third kappa shape index (κ3) is 2.17. The summed E-state index contributed by atoms with van der Waals surface area (Å²) in [6.45, 7) is 0. The number of rotatable bonds is 2. The number of hydrogen-bond donors (Lipinski definition) is 2. The van der Waals surface area contributed by atoms with Gasteiger partial charge in [-0.15, -0.1) is 0 Å². The number of nitriles is 2. The zero-order chi connectivity index (χ0) is 15.6. The van der Waals surface area contributed by atoms with Gasteiger partial charge in [-0.05, 0) is 6.07 Å². The largest absolute Gasteiger partial charge is 0.384 e. The number of para-hydroxylation sites is 1. The van der Waals surface area contributed by atoms with Crippen LogP contribution in [0, 0.1) is 32.8 Å². The van der Waals surface area contributed by atoms with E-state index in [0.29, 0.717) is 0 Å². The number of nitrogens with two attached hydrogens (primary N) is 1. The molecule has 0 saturated carbocycles. The first-order valence-corrected chi connectivity index (χ1v) is 5.61. The average molecular weight is 281 g/mol. The molecule has 0 saturated heterocycles. The highest BCUT2D eigenvalue weighted by Gasteiger charge is 2.24. The first kappa shape index (κ1) is 13.8. The maximum atomic E-state index is 11.8. The molecule has 0 aliphatic heterocycles. The molecule has 1 aromatic heterocycles. The van der Waals surface area contributed by atoms with Gasteiger partial charge in [-0.1, -0.05) is 12.1 Å². The van der Waals surface area contributed by atoms with Crippen molar-refractivity contribution in [3.8, 4) is 23.3 Å². The molecule has 0 bridgehead atoms.